The van der Waals surface area contributed by atoms with Gasteiger partial charge in [-0.25, -0.2) is 8.42 Å². The molecule has 0 aliphatic rings. The second-order valence-electron chi connectivity index (χ2n) is 6.81. The molecule has 0 heterocycles. The molecule has 0 saturated heterocycles. The monoisotopic (exact) mass is 433 g/mol. The third-order valence-corrected chi connectivity index (χ3v) is 5.61. The maximum Gasteiger partial charge on any atom is 0.229 e. The van der Waals surface area contributed by atoms with E-state index in [1.165, 1.54) is 0 Å². The van der Waals surface area contributed by atoms with E-state index in [9.17, 15) is 8.42 Å². The van der Waals surface area contributed by atoms with Crippen LogP contribution in [0.1, 0.15) is 22.6 Å². The first-order valence-corrected chi connectivity index (χ1v) is 11.5. The first-order valence-electron chi connectivity index (χ1n) is 8.86. The van der Waals surface area contributed by atoms with E-state index in [1.807, 2.05) is 66.7 Å². The number of sulfonamides is 1. The van der Waals surface area contributed by atoms with E-state index >= 15 is 0 Å². The minimum Gasteiger partial charge on any atom is -0.284 e. The molecule has 3 aromatic rings. The van der Waals surface area contributed by atoms with Crippen LogP contribution >= 0.6 is 23.2 Å². The number of benzene rings is 3. The molecular formula is C22H21Cl2NO2S. The zero-order valence-electron chi connectivity index (χ0n) is 15.4. The van der Waals surface area contributed by atoms with Crippen molar-refractivity contribution >= 4 is 38.9 Å². The van der Waals surface area contributed by atoms with Crippen molar-refractivity contribution in [3.05, 3.63) is 99.5 Å². The zero-order chi connectivity index (χ0) is 20.1. The molecule has 6 heteroatoms. The van der Waals surface area contributed by atoms with Gasteiger partial charge in [0, 0.05) is 10.0 Å². The van der Waals surface area contributed by atoms with Crippen LogP contribution in [0.3, 0.4) is 0 Å². The lowest BCUT2D eigenvalue weighted by molar-refractivity contribution is 0.606. The fourth-order valence-electron chi connectivity index (χ4n) is 3.21. The van der Waals surface area contributed by atoms with Gasteiger partial charge >= 0.3 is 0 Å². The molecular weight excluding hydrogens is 413 g/mol. The molecule has 3 nitrogen and oxygen atoms in total. The van der Waals surface area contributed by atoms with Crippen molar-refractivity contribution in [1.29, 1.82) is 0 Å². The van der Waals surface area contributed by atoms with Gasteiger partial charge in [0.15, 0.2) is 0 Å². The van der Waals surface area contributed by atoms with E-state index in [4.69, 9.17) is 23.2 Å². The lowest BCUT2D eigenvalue weighted by atomic mass is 9.86. The summed E-state index contributed by atoms with van der Waals surface area (Å²) in [5.74, 6) is 0.154. The van der Waals surface area contributed by atoms with Crippen LogP contribution in [0, 0.1) is 0 Å². The molecule has 0 aromatic heterocycles. The molecule has 0 bridgehead atoms. The van der Waals surface area contributed by atoms with Gasteiger partial charge < -0.3 is 0 Å². The summed E-state index contributed by atoms with van der Waals surface area (Å²) >= 11 is 12.1. The first-order chi connectivity index (χ1) is 13.3. The number of hydrogen-bond acceptors (Lipinski definition) is 2. The smallest absolute Gasteiger partial charge is 0.229 e. The molecule has 3 aromatic carbocycles. The Hall–Kier alpha value is -2.01. The van der Waals surface area contributed by atoms with Crippen LogP contribution in [0.25, 0.3) is 0 Å². The summed E-state index contributed by atoms with van der Waals surface area (Å²) in [7, 11) is -3.35. The highest BCUT2D eigenvalue weighted by atomic mass is 35.5. The fourth-order valence-corrected chi connectivity index (χ4v) is 4.06. The Morgan fingerprint density at radius 1 is 0.821 bits per heavy atom. The molecule has 0 aliphatic heterocycles. The number of rotatable bonds is 7. The van der Waals surface area contributed by atoms with Gasteiger partial charge in [0.2, 0.25) is 10.0 Å². The summed E-state index contributed by atoms with van der Waals surface area (Å²) in [5, 5.41) is 1.39. The summed E-state index contributed by atoms with van der Waals surface area (Å²) in [4.78, 5) is 0. The van der Waals surface area contributed by atoms with Gasteiger partial charge in [0.25, 0.3) is 0 Å². The van der Waals surface area contributed by atoms with Gasteiger partial charge in [-0.2, -0.15) is 0 Å². The second-order valence-corrected chi connectivity index (χ2v) is 9.44. The van der Waals surface area contributed by atoms with E-state index < -0.39 is 10.0 Å². The van der Waals surface area contributed by atoms with Crippen LogP contribution in [-0.2, 0) is 22.9 Å². The highest BCUT2D eigenvalue weighted by Crippen LogP contribution is 2.30. The quantitative estimate of drug-likeness (QED) is 0.501. The minimum absolute atomic E-state index is 0.154. The molecule has 0 amide bonds. The van der Waals surface area contributed by atoms with Crippen LogP contribution in [-0.4, -0.2) is 14.7 Å². The summed E-state index contributed by atoms with van der Waals surface area (Å²) in [6, 6.07) is 23.1. The third-order valence-electron chi connectivity index (χ3n) is 4.52. The van der Waals surface area contributed by atoms with Crippen molar-refractivity contribution in [1.82, 2.24) is 0 Å². The van der Waals surface area contributed by atoms with Gasteiger partial charge in [-0.3, -0.25) is 4.72 Å². The number of hydrogen-bond donors (Lipinski definition) is 1. The number of para-hydroxylation sites is 1. The predicted molar refractivity (Wildman–Crippen MR) is 118 cm³/mol. The second kappa shape index (κ2) is 8.99. The molecule has 0 saturated carbocycles. The van der Waals surface area contributed by atoms with Crippen molar-refractivity contribution in [3.8, 4) is 0 Å². The molecule has 1 unspecified atom stereocenters. The Balaban J connectivity index is 1.93. The van der Waals surface area contributed by atoms with Crippen LogP contribution in [0.15, 0.2) is 72.8 Å². The topological polar surface area (TPSA) is 46.2 Å². The molecule has 28 heavy (non-hydrogen) atoms. The lowest BCUT2D eigenvalue weighted by Gasteiger charge is -2.20. The summed E-state index contributed by atoms with van der Waals surface area (Å²) in [6.07, 6.45) is 2.64. The molecule has 1 atom stereocenters. The first kappa shape index (κ1) is 20.7. The third kappa shape index (κ3) is 5.99. The Morgan fingerprint density at radius 3 is 2.00 bits per heavy atom. The van der Waals surface area contributed by atoms with Crippen LogP contribution in [0.2, 0.25) is 10.0 Å². The predicted octanol–water partition coefficient (Wildman–Crippen LogP) is 5.93. The van der Waals surface area contributed by atoms with Gasteiger partial charge in [-0.1, -0.05) is 65.7 Å². The molecule has 146 valence electrons. The Labute approximate surface area is 176 Å². The summed E-state index contributed by atoms with van der Waals surface area (Å²) in [5.41, 5.74) is 3.87. The van der Waals surface area contributed by atoms with Crippen molar-refractivity contribution in [2.24, 2.45) is 0 Å². The maximum atomic E-state index is 11.7. The molecule has 3 rings (SSSR count). The number of halogens is 2. The average molecular weight is 434 g/mol. The largest absolute Gasteiger partial charge is 0.284 e. The van der Waals surface area contributed by atoms with Crippen LogP contribution < -0.4 is 4.72 Å². The average Bonchev–Trinajstić information content (AvgIpc) is 2.64. The zero-order valence-corrected chi connectivity index (χ0v) is 17.7. The van der Waals surface area contributed by atoms with E-state index in [1.54, 1.807) is 6.07 Å². The van der Waals surface area contributed by atoms with Crippen LogP contribution in [0.5, 0.6) is 0 Å². The van der Waals surface area contributed by atoms with Gasteiger partial charge in [0.05, 0.1) is 11.9 Å². The van der Waals surface area contributed by atoms with Crippen molar-refractivity contribution in [2.75, 3.05) is 11.0 Å². The van der Waals surface area contributed by atoms with Gasteiger partial charge in [-0.05, 0) is 65.8 Å². The molecule has 0 spiro atoms. The van der Waals surface area contributed by atoms with E-state index in [0.717, 1.165) is 29.4 Å². The van der Waals surface area contributed by atoms with Crippen LogP contribution in [0.4, 0.5) is 5.69 Å². The van der Waals surface area contributed by atoms with Crippen molar-refractivity contribution in [3.63, 3.8) is 0 Å². The van der Waals surface area contributed by atoms with Crippen molar-refractivity contribution < 1.29 is 8.42 Å². The van der Waals surface area contributed by atoms with E-state index in [-0.39, 0.29) is 5.92 Å². The highest BCUT2D eigenvalue weighted by molar-refractivity contribution is 7.92. The lowest BCUT2D eigenvalue weighted by Crippen LogP contribution is -2.13. The highest BCUT2D eigenvalue weighted by Gasteiger charge is 2.17. The molecule has 0 radical (unpaired) electrons. The Bertz CT molecular complexity index is 1030. The van der Waals surface area contributed by atoms with Gasteiger partial charge in [-0.15, -0.1) is 0 Å². The number of nitrogens with one attached hydrogen (secondary N) is 1. The Kier molecular flexibility index (Phi) is 6.65. The minimum atomic E-state index is -3.35. The fraction of sp³-hybridized carbons (Fsp3) is 0.182. The number of anilines is 1. The molecule has 0 fully saturated rings. The Morgan fingerprint density at radius 2 is 1.39 bits per heavy atom. The SMILES string of the molecule is CS(=O)(=O)Nc1ccccc1CC(Cc1ccc(Cl)cc1)c1ccc(Cl)cc1. The molecule has 0 aliphatic carbocycles. The summed E-state index contributed by atoms with van der Waals surface area (Å²) < 4.78 is 26.1. The maximum absolute atomic E-state index is 11.7. The standard InChI is InChI=1S/C22H21Cl2NO2S/c1-28(26,27)25-22-5-3-2-4-18(22)15-19(17-8-12-21(24)13-9-17)14-16-6-10-20(23)11-7-16/h2-13,19,25H,14-15H2,1H3. The van der Waals surface area contributed by atoms with E-state index in [2.05, 4.69) is 4.72 Å². The summed E-state index contributed by atoms with van der Waals surface area (Å²) in [6.45, 7) is 0. The van der Waals surface area contributed by atoms with Gasteiger partial charge in [0.1, 0.15) is 0 Å². The molecule has 1 N–H and O–H groups in total. The normalized spacial score (nSPS) is 12.5. The van der Waals surface area contributed by atoms with E-state index in [0.29, 0.717) is 22.2 Å². The van der Waals surface area contributed by atoms with Crippen molar-refractivity contribution in [2.45, 2.75) is 18.8 Å².